The first-order valence-corrected chi connectivity index (χ1v) is 13.8. The van der Waals surface area contributed by atoms with Crippen LogP contribution in [-0.4, -0.2) is 67.3 Å². The highest BCUT2D eigenvalue weighted by Crippen LogP contribution is 2.35. The number of ether oxygens (including phenoxy) is 3. The number of aryl methyl sites for hydroxylation is 1. The van der Waals surface area contributed by atoms with Crippen LogP contribution in [0.15, 0.2) is 73.1 Å². The van der Waals surface area contributed by atoms with Gasteiger partial charge >= 0.3 is 0 Å². The van der Waals surface area contributed by atoms with Gasteiger partial charge in [-0.1, -0.05) is 30.3 Å². The van der Waals surface area contributed by atoms with E-state index in [4.69, 9.17) is 14.2 Å². The molecule has 9 nitrogen and oxygen atoms in total. The van der Waals surface area contributed by atoms with Crippen molar-refractivity contribution in [3.63, 3.8) is 0 Å². The number of fused-ring (bicyclic) bond motifs is 1. The van der Waals surface area contributed by atoms with Crippen LogP contribution in [0.5, 0.6) is 11.5 Å². The van der Waals surface area contributed by atoms with Crippen LogP contribution in [0.4, 0.5) is 17.2 Å². The zero-order valence-corrected chi connectivity index (χ0v) is 23.4. The first-order valence-electron chi connectivity index (χ1n) is 13.8. The number of morpholine rings is 1. The second-order valence-electron chi connectivity index (χ2n) is 9.78. The molecule has 0 saturated carbocycles. The van der Waals surface area contributed by atoms with Gasteiger partial charge in [0, 0.05) is 48.5 Å². The molecule has 41 heavy (non-hydrogen) atoms. The Morgan fingerprint density at radius 3 is 2.63 bits per heavy atom. The highest BCUT2D eigenvalue weighted by molar-refractivity contribution is 6.02. The van der Waals surface area contributed by atoms with Crippen LogP contribution in [0.3, 0.4) is 0 Å². The number of hydrogen-bond acceptors (Lipinski definition) is 8. The number of anilines is 3. The first kappa shape index (κ1) is 28.1. The average Bonchev–Trinajstić information content (AvgIpc) is 3.00. The number of nitrogens with one attached hydrogen (secondary N) is 2. The Balaban J connectivity index is 1.21. The fourth-order valence-corrected chi connectivity index (χ4v) is 4.60. The average molecular weight is 554 g/mol. The van der Waals surface area contributed by atoms with E-state index in [1.807, 2.05) is 67.6 Å². The van der Waals surface area contributed by atoms with E-state index in [0.29, 0.717) is 23.9 Å². The summed E-state index contributed by atoms with van der Waals surface area (Å²) in [5.74, 6) is 1.77. The molecule has 0 spiro atoms. The molecule has 2 heterocycles. The number of para-hydroxylation sites is 1. The van der Waals surface area contributed by atoms with Crippen LogP contribution in [0.25, 0.3) is 17.0 Å². The Hall–Kier alpha value is -4.47. The van der Waals surface area contributed by atoms with E-state index >= 15 is 0 Å². The van der Waals surface area contributed by atoms with Gasteiger partial charge in [-0.15, -0.1) is 0 Å². The van der Waals surface area contributed by atoms with E-state index in [1.54, 1.807) is 13.2 Å². The minimum Gasteiger partial charge on any atom is -0.493 e. The number of nitrogens with zero attached hydrogens (tertiary/aromatic N) is 3. The summed E-state index contributed by atoms with van der Waals surface area (Å²) in [7, 11) is 1.63. The van der Waals surface area contributed by atoms with Crippen molar-refractivity contribution in [2.24, 2.45) is 0 Å². The van der Waals surface area contributed by atoms with Crippen molar-refractivity contribution >= 4 is 40.1 Å². The molecule has 5 rings (SSSR count). The van der Waals surface area contributed by atoms with E-state index in [2.05, 4.69) is 25.5 Å². The molecule has 9 heteroatoms. The normalized spacial score (nSPS) is 13.8. The van der Waals surface area contributed by atoms with Gasteiger partial charge in [0.2, 0.25) is 5.91 Å². The molecule has 4 aromatic rings. The van der Waals surface area contributed by atoms with Gasteiger partial charge in [-0.05, 0) is 54.8 Å². The number of carbonyl (C=O) groups is 1. The van der Waals surface area contributed by atoms with Crippen LogP contribution in [0.1, 0.15) is 17.5 Å². The molecule has 0 bridgehead atoms. The maximum atomic E-state index is 12.3. The van der Waals surface area contributed by atoms with Crippen LogP contribution in [-0.2, 0) is 9.53 Å². The highest BCUT2D eigenvalue weighted by atomic mass is 16.5. The molecule has 0 unspecified atom stereocenters. The molecule has 0 aliphatic carbocycles. The summed E-state index contributed by atoms with van der Waals surface area (Å²) in [6.07, 6.45) is 5.76. The third-order valence-electron chi connectivity index (χ3n) is 6.90. The van der Waals surface area contributed by atoms with Gasteiger partial charge in [-0.2, -0.15) is 0 Å². The second kappa shape index (κ2) is 13.7. The Morgan fingerprint density at radius 2 is 1.85 bits per heavy atom. The summed E-state index contributed by atoms with van der Waals surface area (Å²) in [6, 6.07) is 19.2. The minimum atomic E-state index is -0.177. The molecule has 1 aliphatic rings. The smallest absolute Gasteiger partial charge is 0.248 e. The van der Waals surface area contributed by atoms with Gasteiger partial charge in [0.15, 0.2) is 11.5 Å². The van der Waals surface area contributed by atoms with Gasteiger partial charge < -0.3 is 24.8 Å². The van der Waals surface area contributed by atoms with Gasteiger partial charge in [0.05, 0.1) is 32.4 Å². The maximum Gasteiger partial charge on any atom is 0.248 e. The predicted octanol–water partition coefficient (Wildman–Crippen LogP) is 5.44. The zero-order chi connectivity index (χ0) is 28.4. The zero-order valence-electron chi connectivity index (χ0n) is 23.4. The van der Waals surface area contributed by atoms with Crippen molar-refractivity contribution < 1.29 is 19.0 Å². The third kappa shape index (κ3) is 7.59. The van der Waals surface area contributed by atoms with Gasteiger partial charge in [0.1, 0.15) is 12.1 Å². The molecule has 1 aromatic heterocycles. The highest BCUT2D eigenvalue weighted by Gasteiger charge is 2.13. The number of rotatable bonds is 11. The largest absolute Gasteiger partial charge is 0.493 e. The van der Waals surface area contributed by atoms with Crippen LogP contribution in [0, 0.1) is 6.92 Å². The third-order valence-corrected chi connectivity index (χ3v) is 6.90. The monoisotopic (exact) mass is 553 g/mol. The topological polar surface area (TPSA) is 97.8 Å². The van der Waals surface area contributed by atoms with Gasteiger partial charge in [-0.3, -0.25) is 9.69 Å². The molecule has 1 amide bonds. The number of amides is 1. The molecule has 1 saturated heterocycles. The molecule has 0 radical (unpaired) electrons. The SMILES string of the molecule is COc1cc2c(Nc3ccc(C=CC(=O)Nc4ccccc4C)cc3)ncnc2cc1OCCCN1CCOCC1. The standard InChI is InChI=1S/C32H35N5O4/c1-23-6-3-4-7-27(23)36-31(38)13-10-24-8-11-25(12-9-24)35-32-26-20-29(39-2)30(21-28(26)33-22-34-32)41-17-5-14-37-15-18-40-19-16-37/h3-4,6-13,20-22H,5,14-19H2,1-2H3,(H,36,38)(H,33,34,35). The lowest BCUT2D eigenvalue weighted by molar-refractivity contribution is -0.111. The van der Waals surface area contributed by atoms with E-state index in [9.17, 15) is 4.79 Å². The Labute approximate surface area is 240 Å². The molecular weight excluding hydrogens is 518 g/mol. The summed E-state index contributed by atoms with van der Waals surface area (Å²) in [6.45, 7) is 7.06. The van der Waals surface area contributed by atoms with E-state index < -0.39 is 0 Å². The Bertz CT molecular complexity index is 1500. The molecule has 2 N–H and O–H groups in total. The second-order valence-corrected chi connectivity index (χ2v) is 9.78. The summed E-state index contributed by atoms with van der Waals surface area (Å²) in [4.78, 5) is 23.6. The van der Waals surface area contributed by atoms with E-state index in [0.717, 1.165) is 72.7 Å². The van der Waals surface area contributed by atoms with Gasteiger partial charge in [0.25, 0.3) is 0 Å². The number of methoxy groups -OCH3 is 1. The Kier molecular flexibility index (Phi) is 9.41. The van der Waals surface area contributed by atoms with E-state index in [-0.39, 0.29) is 5.91 Å². The number of carbonyl (C=O) groups excluding carboxylic acids is 1. The lowest BCUT2D eigenvalue weighted by Crippen LogP contribution is -2.37. The summed E-state index contributed by atoms with van der Waals surface area (Å²) in [5.41, 5.74) is 4.33. The maximum absolute atomic E-state index is 12.3. The molecule has 212 valence electrons. The van der Waals surface area contributed by atoms with Gasteiger partial charge in [-0.25, -0.2) is 9.97 Å². The quantitative estimate of drug-likeness (QED) is 0.187. The van der Waals surface area contributed by atoms with Crippen LogP contribution in [0.2, 0.25) is 0 Å². The molecule has 0 atom stereocenters. The number of hydrogen-bond donors (Lipinski definition) is 2. The van der Waals surface area contributed by atoms with Crippen LogP contribution < -0.4 is 20.1 Å². The number of aromatic nitrogens is 2. The molecular formula is C32H35N5O4. The van der Waals surface area contributed by atoms with Crippen molar-refractivity contribution in [1.82, 2.24) is 14.9 Å². The van der Waals surface area contributed by atoms with Crippen molar-refractivity contribution in [1.29, 1.82) is 0 Å². The Morgan fingerprint density at radius 1 is 1.05 bits per heavy atom. The lowest BCUT2D eigenvalue weighted by Gasteiger charge is -2.26. The summed E-state index contributed by atoms with van der Waals surface area (Å²) >= 11 is 0. The van der Waals surface area contributed by atoms with E-state index in [1.165, 1.54) is 12.4 Å². The fourth-order valence-electron chi connectivity index (χ4n) is 4.60. The minimum absolute atomic E-state index is 0.177. The molecule has 3 aromatic carbocycles. The van der Waals surface area contributed by atoms with Crippen molar-refractivity contribution in [3.8, 4) is 11.5 Å². The van der Waals surface area contributed by atoms with Crippen molar-refractivity contribution in [2.45, 2.75) is 13.3 Å². The number of benzene rings is 3. The summed E-state index contributed by atoms with van der Waals surface area (Å²) in [5, 5.41) is 7.10. The fraction of sp³-hybridized carbons (Fsp3) is 0.281. The predicted molar refractivity (Wildman–Crippen MR) is 162 cm³/mol. The van der Waals surface area contributed by atoms with Crippen LogP contribution >= 0.6 is 0 Å². The van der Waals surface area contributed by atoms with Crippen molar-refractivity contribution in [2.75, 3.05) is 57.2 Å². The lowest BCUT2D eigenvalue weighted by atomic mass is 10.1. The molecule has 1 aliphatic heterocycles. The first-order chi connectivity index (χ1) is 20.1. The summed E-state index contributed by atoms with van der Waals surface area (Å²) < 4.78 is 17.1. The molecule has 1 fully saturated rings. The van der Waals surface area contributed by atoms with Crippen molar-refractivity contribution in [3.05, 3.63) is 84.2 Å².